The van der Waals surface area contributed by atoms with Gasteiger partial charge in [0.2, 0.25) is 5.91 Å². The Kier molecular flexibility index (Phi) is 12.0. The van der Waals surface area contributed by atoms with Gasteiger partial charge in [-0.3, -0.25) is 14.6 Å². The second kappa shape index (κ2) is 13.1. The minimum absolute atomic E-state index is 0. The van der Waals surface area contributed by atoms with Gasteiger partial charge in [0.1, 0.15) is 0 Å². The van der Waals surface area contributed by atoms with Gasteiger partial charge in [0.25, 0.3) is 5.91 Å². The molecule has 26 heavy (non-hydrogen) atoms. The molecule has 2 rings (SSSR count). The fraction of sp³-hybridized carbons (Fsp3) is 0.278. The molecule has 0 atom stereocenters. The second-order valence-corrected chi connectivity index (χ2v) is 5.38. The fourth-order valence-corrected chi connectivity index (χ4v) is 2.12. The fourth-order valence-electron chi connectivity index (χ4n) is 2.12. The van der Waals surface area contributed by atoms with Crippen molar-refractivity contribution in [3.05, 3.63) is 59.9 Å². The van der Waals surface area contributed by atoms with Crippen LogP contribution >= 0.6 is 24.8 Å². The van der Waals surface area contributed by atoms with Crippen LogP contribution in [-0.2, 0) is 11.3 Å². The largest absolute Gasteiger partial charge is 0.352 e. The van der Waals surface area contributed by atoms with Crippen molar-refractivity contribution in [2.24, 2.45) is 0 Å². The van der Waals surface area contributed by atoms with E-state index < -0.39 is 0 Å². The predicted molar refractivity (Wildman–Crippen MR) is 108 cm³/mol. The highest BCUT2D eigenvalue weighted by Crippen LogP contribution is 2.11. The Morgan fingerprint density at radius 1 is 1.08 bits per heavy atom. The van der Waals surface area contributed by atoms with E-state index in [0.717, 1.165) is 18.5 Å². The molecule has 0 aliphatic rings. The molecule has 142 valence electrons. The summed E-state index contributed by atoms with van der Waals surface area (Å²) in [7, 11) is 1.87. The van der Waals surface area contributed by atoms with Crippen LogP contribution in [0.25, 0.3) is 0 Å². The zero-order valence-electron chi connectivity index (χ0n) is 14.5. The predicted octanol–water partition coefficient (Wildman–Crippen LogP) is 2.79. The molecular formula is C18H24Cl2N4O2. The minimum Gasteiger partial charge on any atom is -0.352 e. The Morgan fingerprint density at radius 2 is 1.81 bits per heavy atom. The highest BCUT2D eigenvalue weighted by Gasteiger charge is 2.06. The van der Waals surface area contributed by atoms with Gasteiger partial charge in [-0.15, -0.1) is 24.8 Å². The number of amides is 2. The molecule has 0 spiro atoms. The lowest BCUT2D eigenvalue weighted by Crippen LogP contribution is -2.23. The number of nitrogens with zero attached hydrogens (tertiary/aromatic N) is 1. The summed E-state index contributed by atoms with van der Waals surface area (Å²) in [6.45, 7) is 1.31. The highest BCUT2D eigenvalue weighted by molar-refractivity contribution is 6.04. The number of benzene rings is 1. The third-order valence-electron chi connectivity index (χ3n) is 3.46. The van der Waals surface area contributed by atoms with Crippen LogP contribution in [-0.4, -0.2) is 30.4 Å². The van der Waals surface area contributed by atoms with Crippen LogP contribution in [0.4, 0.5) is 5.69 Å². The van der Waals surface area contributed by atoms with Crippen LogP contribution in [0.2, 0.25) is 0 Å². The van der Waals surface area contributed by atoms with Gasteiger partial charge >= 0.3 is 0 Å². The molecule has 1 heterocycles. The first-order valence-electron chi connectivity index (χ1n) is 7.90. The summed E-state index contributed by atoms with van der Waals surface area (Å²) in [4.78, 5) is 27.6. The van der Waals surface area contributed by atoms with Crippen LogP contribution in [0.15, 0.2) is 48.8 Å². The Bertz CT molecular complexity index is 667. The Hall–Kier alpha value is -2.15. The van der Waals surface area contributed by atoms with E-state index in [1.807, 2.05) is 31.3 Å². The number of halogens is 2. The first kappa shape index (κ1) is 23.9. The third-order valence-corrected chi connectivity index (χ3v) is 3.46. The van der Waals surface area contributed by atoms with Gasteiger partial charge in [-0.1, -0.05) is 12.1 Å². The first-order chi connectivity index (χ1) is 11.7. The van der Waals surface area contributed by atoms with E-state index in [9.17, 15) is 9.59 Å². The zero-order chi connectivity index (χ0) is 17.2. The Morgan fingerprint density at radius 3 is 2.42 bits per heavy atom. The number of pyridine rings is 1. The molecule has 2 aromatic rings. The maximum Gasteiger partial charge on any atom is 0.257 e. The summed E-state index contributed by atoms with van der Waals surface area (Å²) in [5, 5.41) is 8.71. The van der Waals surface area contributed by atoms with E-state index in [1.54, 1.807) is 18.3 Å². The average Bonchev–Trinajstić information content (AvgIpc) is 2.62. The van der Waals surface area contributed by atoms with Crippen LogP contribution in [0.5, 0.6) is 0 Å². The number of anilines is 1. The molecule has 0 aliphatic heterocycles. The normalized spacial score (nSPS) is 9.42. The van der Waals surface area contributed by atoms with E-state index in [1.165, 1.54) is 6.20 Å². The van der Waals surface area contributed by atoms with Crippen LogP contribution in [0.3, 0.4) is 0 Å². The number of hydrogen-bond donors (Lipinski definition) is 3. The van der Waals surface area contributed by atoms with Crippen molar-refractivity contribution in [3.63, 3.8) is 0 Å². The molecule has 0 saturated heterocycles. The maximum atomic E-state index is 12.0. The Balaban J connectivity index is 0.00000312. The van der Waals surface area contributed by atoms with E-state index >= 15 is 0 Å². The number of hydrogen-bond acceptors (Lipinski definition) is 4. The van der Waals surface area contributed by atoms with Gasteiger partial charge in [-0.25, -0.2) is 0 Å². The van der Waals surface area contributed by atoms with E-state index in [2.05, 4.69) is 20.9 Å². The van der Waals surface area contributed by atoms with Gasteiger partial charge in [0.05, 0.1) is 5.56 Å². The summed E-state index contributed by atoms with van der Waals surface area (Å²) in [5.41, 5.74) is 2.19. The summed E-state index contributed by atoms with van der Waals surface area (Å²) in [5.74, 6) is -0.159. The van der Waals surface area contributed by atoms with Crippen molar-refractivity contribution >= 4 is 42.3 Å². The first-order valence-corrected chi connectivity index (χ1v) is 7.90. The third kappa shape index (κ3) is 8.29. The molecule has 3 N–H and O–H groups in total. The standard InChI is InChI=1S/C18H22N4O2.2ClH/c1-19-10-3-5-17(23)21-12-14-6-8-16(9-7-14)22-18(24)15-4-2-11-20-13-15;;/h2,4,6-9,11,13,19H,3,5,10,12H2,1H3,(H,21,23)(H,22,24);2*1H. The van der Waals surface area contributed by atoms with Crippen molar-refractivity contribution < 1.29 is 9.59 Å². The number of rotatable bonds is 8. The summed E-state index contributed by atoms with van der Waals surface area (Å²) in [6.07, 6.45) is 4.48. The van der Waals surface area contributed by atoms with E-state index in [-0.39, 0.29) is 36.6 Å². The molecule has 1 aromatic carbocycles. The molecule has 6 nitrogen and oxygen atoms in total. The summed E-state index contributed by atoms with van der Waals surface area (Å²) in [6, 6.07) is 10.8. The number of carbonyl (C=O) groups is 2. The van der Waals surface area contributed by atoms with E-state index in [4.69, 9.17) is 0 Å². The molecule has 8 heteroatoms. The molecule has 0 radical (unpaired) electrons. The number of nitrogens with one attached hydrogen (secondary N) is 3. The van der Waals surface area contributed by atoms with Crippen LogP contribution in [0, 0.1) is 0 Å². The van der Waals surface area contributed by atoms with Gasteiger partial charge < -0.3 is 16.0 Å². The van der Waals surface area contributed by atoms with Crippen molar-refractivity contribution in [1.29, 1.82) is 0 Å². The van der Waals surface area contributed by atoms with Crippen molar-refractivity contribution in [2.75, 3.05) is 18.9 Å². The lowest BCUT2D eigenvalue weighted by molar-refractivity contribution is -0.121. The minimum atomic E-state index is -0.200. The molecule has 1 aromatic heterocycles. The lowest BCUT2D eigenvalue weighted by Gasteiger charge is -2.08. The van der Waals surface area contributed by atoms with Gasteiger partial charge in [-0.05, 0) is 49.8 Å². The second-order valence-electron chi connectivity index (χ2n) is 5.38. The van der Waals surface area contributed by atoms with E-state index in [0.29, 0.717) is 24.2 Å². The molecule has 2 amide bonds. The van der Waals surface area contributed by atoms with Crippen molar-refractivity contribution in [2.45, 2.75) is 19.4 Å². The topological polar surface area (TPSA) is 83.1 Å². The highest BCUT2D eigenvalue weighted by atomic mass is 35.5. The molecule has 0 aliphatic carbocycles. The van der Waals surface area contributed by atoms with Gasteiger partial charge in [0, 0.05) is 31.0 Å². The Labute approximate surface area is 166 Å². The van der Waals surface area contributed by atoms with Crippen LogP contribution < -0.4 is 16.0 Å². The van der Waals surface area contributed by atoms with Crippen LogP contribution in [0.1, 0.15) is 28.8 Å². The van der Waals surface area contributed by atoms with Crippen molar-refractivity contribution in [1.82, 2.24) is 15.6 Å². The smallest absolute Gasteiger partial charge is 0.257 e. The van der Waals surface area contributed by atoms with Gasteiger partial charge in [0.15, 0.2) is 0 Å². The number of aromatic nitrogens is 1. The molecule has 0 fully saturated rings. The quantitative estimate of drug-likeness (QED) is 0.596. The van der Waals surface area contributed by atoms with Crippen molar-refractivity contribution in [3.8, 4) is 0 Å². The monoisotopic (exact) mass is 398 g/mol. The molecular weight excluding hydrogens is 375 g/mol. The maximum absolute atomic E-state index is 12.0. The lowest BCUT2D eigenvalue weighted by atomic mass is 10.2. The zero-order valence-corrected chi connectivity index (χ0v) is 16.2. The molecule has 0 unspecified atom stereocenters. The molecule has 0 saturated carbocycles. The molecule has 0 bridgehead atoms. The summed E-state index contributed by atoms with van der Waals surface area (Å²) >= 11 is 0. The number of carbonyl (C=O) groups excluding carboxylic acids is 2. The SMILES string of the molecule is CNCCCC(=O)NCc1ccc(NC(=O)c2cccnc2)cc1.Cl.Cl. The van der Waals surface area contributed by atoms with Gasteiger partial charge in [-0.2, -0.15) is 0 Å². The summed E-state index contributed by atoms with van der Waals surface area (Å²) < 4.78 is 0. The average molecular weight is 399 g/mol.